The Hall–Kier alpha value is -1.03. The Morgan fingerprint density at radius 3 is 2.95 bits per heavy atom. The number of nitrogens with zero attached hydrogens (tertiary/aromatic N) is 4. The average molecular weight is 301 g/mol. The molecule has 8 nitrogen and oxygen atoms in total. The van der Waals surface area contributed by atoms with Crippen LogP contribution in [0.25, 0.3) is 0 Å². The third kappa shape index (κ3) is 2.58. The molecule has 2 aliphatic rings. The molecule has 3 heterocycles. The number of hydrogen-bond donors (Lipinski definition) is 1. The van der Waals surface area contributed by atoms with Gasteiger partial charge in [-0.25, -0.2) is 17.4 Å². The second-order valence-corrected chi connectivity index (χ2v) is 7.43. The molecule has 2 aliphatic heterocycles. The lowest BCUT2D eigenvalue weighted by Gasteiger charge is -2.23. The monoisotopic (exact) mass is 301 g/mol. The number of hydrogen-bond acceptors (Lipinski definition) is 6. The molecule has 2 saturated heterocycles. The van der Waals surface area contributed by atoms with Crippen LogP contribution in [0.1, 0.15) is 12.5 Å². The van der Waals surface area contributed by atoms with Crippen LogP contribution in [0.4, 0.5) is 0 Å². The van der Waals surface area contributed by atoms with Crippen LogP contribution in [0.5, 0.6) is 0 Å². The van der Waals surface area contributed by atoms with E-state index < -0.39 is 10.0 Å². The van der Waals surface area contributed by atoms with Gasteiger partial charge in [0.15, 0.2) is 0 Å². The highest BCUT2D eigenvalue weighted by Gasteiger charge is 2.36. The van der Waals surface area contributed by atoms with Gasteiger partial charge in [0.05, 0.1) is 37.2 Å². The van der Waals surface area contributed by atoms with Crippen LogP contribution in [-0.4, -0.2) is 72.4 Å². The van der Waals surface area contributed by atoms with Crippen molar-refractivity contribution >= 4 is 10.0 Å². The Kier molecular flexibility index (Phi) is 3.76. The maximum Gasteiger partial charge on any atom is 0.214 e. The molecule has 112 valence electrons. The maximum absolute atomic E-state index is 11.7. The summed E-state index contributed by atoms with van der Waals surface area (Å²) in [5.41, 5.74) is 0. The van der Waals surface area contributed by atoms with Crippen molar-refractivity contribution in [3.8, 4) is 0 Å². The number of nitrogens with one attached hydrogen (secondary N) is 1. The van der Waals surface area contributed by atoms with Gasteiger partial charge in [-0.3, -0.25) is 0 Å². The van der Waals surface area contributed by atoms with E-state index >= 15 is 0 Å². The largest absolute Gasteiger partial charge is 0.377 e. The molecule has 1 N–H and O–H groups in total. The standard InChI is InChI=1S/C11H19N5O3S/c1-15-9(2-5-20(15,17)18)6-12-10-7-19-8-11(10)16-4-3-13-14-16/h3-4,9-12H,2,5-8H2,1H3/t9?,10-,11+/m1/s1. The first-order valence-corrected chi connectivity index (χ1v) is 8.31. The topological polar surface area (TPSA) is 89.3 Å². The quantitative estimate of drug-likeness (QED) is 0.755. The van der Waals surface area contributed by atoms with Crippen molar-refractivity contribution in [3.63, 3.8) is 0 Å². The summed E-state index contributed by atoms with van der Waals surface area (Å²) in [5, 5.41) is 11.2. The van der Waals surface area contributed by atoms with Crippen molar-refractivity contribution < 1.29 is 13.2 Å². The van der Waals surface area contributed by atoms with Gasteiger partial charge >= 0.3 is 0 Å². The molecule has 1 aromatic rings. The van der Waals surface area contributed by atoms with E-state index in [-0.39, 0.29) is 23.9 Å². The molecule has 0 saturated carbocycles. The van der Waals surface area contributed by atoms with E-state index in [4.69, 9.17) is 4.74 Å². The van der Waals surface area contributed by atoms with Crippen molar-refractivity contribution in [1.82, 2.24) is 24.6 Å². The SMILES string of the molecule is CN1C(CN[C@@H]2COC[C@@H]2n2ccnn2)CCS1(=O)=O. The molecular formula is C11H19N5O3S. The van der Waals surface area contributed by atoms with Gasteiger partial charge in [-0.1, -0.05) is 5.21 Å². The van der Waals surface area contributed by atoms with Gasteiger partial charge < -0.3 is 10.1 Å². The van der Waals surface area contributed by atoms with E-state index in [0.29, 0.717) is 26.2 Å². The summed E-state index contributed by atoms with van der Waals surface area (Å²) in [7, 11) is -1.39. The highest BCUT2D eigenvalue weighted by molar-refractivity contribution is 7.89. The van der Waals surface area contributed by atoms with E-state index in [0.717, 1.165) is 0 Å². The molecule has 3 rings (SSSR count). The van der Waals surface area contributed by atoms with E-state index in [2.05, 4.69) is 15.6 Å². The highest BCUT2D eigenvalue weighted by atomic mass is 32.2. The molecule has 0 radical (unpaired) electrons. The summed E-state index contributed by atoms with van der Waals surface area (Å²) >= 11 is 0. The maximum atomic E-state index is 11.7. The normalized spacial score (nSPS) is 33.8. The molecule has 0 aliphatic carbocycles. The fraction of sp³-hybridized carbons (Fsp3) is 0.818. The van der Waals surface area contributed by atoms with Gasteiger partial charge in [-0.15, -0.1) is 5.10 Å². The fourth-order valence-corrected chi connectivity index (χ4v) is 4.24. The zero-order chi connectivity index (χ0) is 14.2. The molecule has 2 fully saturated rings. The minimum atomic E-state index is -3.04. The number of aromatic nitrogens is 3. The third-order valence-corrected chi connectivity index (χ3v) is 6.04. The van der Waals surface area contributed by atoms with Crippen molar-refractivity contribution in [2.24, 2.45) is 0 Å². The second kappa shape index (κ2) is 5.40. The molecule has 9 heteroatoms. The first kappa shape index (κ1) is 13.9. The summed E-state index contributed by atoms with van der Waals surface area (Å²) in [4.78, 5) is 0. The molecule has 20 heavy (non-hydrogen) atoms. The Morgan fingerprint density at radius 2 is 2.30 bits per heavy atom. The molecule has 0 bridgehead atoms. The van der Waals surface area contributed by atoms with E-state index in [9.17, 15) is 8.42 Å². The van der Waals surface area contributed by atoms with Crippen molar-refractivity contribution in [1.29, 1.82) is 0 Å². The van der Waals surface area contributed by atoms with E-state index in [1.807, 2.05) is 6.20 Å². The minimum Gasteiger partial charge on any atom is -0.377 e. The summed E-state index contributed by atoms with van der Waals surface area (Å²) in [6, 6.07) is 0.270. The van der Waals surface area contributed by atoms with Gasteiger partial charge in [0.2, 0.25) is 10.0 Å². The molecule has 3 atom stereocenters. The van der Waals surface area contributed by atoms with Crippen LogP contribution >= 0.6 is 0 Å². The van der Waals surface area contributed by atoms with Crippen LogP contribution in [-0.2, 0) is 14.8 Å². The Bertz CT molecular complexity index is 546. The lowest BCUT2D eigenvalue weighted by Crippen LogP contribution is -2.44. The first-order chi connectivity index (χ1) is 9.58. The summed E-state index contributed by atoms with van der Waals surface area (Å²) in [6.45, 7) is 1.84. The van der Waals surface area contributed by atoms with Gasteiger partial charge in [0.1, 0.15) is 0 Å². The second-order valence-electron chi connectivity index (χ2n) is 5.28. The van der Waals surface area contributed by atoms with Crippen molar-refractivity contribution in [3.05, 3.63) is 12.4 Å². The third-order valence-electron chi connectivity index (χ3n) is 4.11. The molecular weight excluding hydrogens is 282 g/mol. The van der Waals surface area contributed by atoms with Crippen molar-refractivity contribution in [2.45, 2.75) is 24.5 Å². The Labute approximate surface area is 118 Å². The number of likely N-dealkylation sites (N-methyl/N-ethyl adjacent to an activating group) is 1. The van der Waals surface area contributed by atoms with Crippen LogP contribution in [0, 0.1) is 0 Å². The molecule has 0 aromatic carbocycles. The average Bonchev–Trinajstić information content (AvgIpc) is 3.11. The lowest BCUT2D eigenvalue weighted by atomic mass is 10.1. The number of ether oxygens (including phenoxy) is 1. The highest BCUT2D eigenvalue weighted by Crippen LogP contribution is 2.21. The zero-order valence-corrected chi connectivity index (χ0v) is 12.2. The van der Waals surface area contributed by atoms with Crippen molar-refractivity contribution in [2.75, 3.05) is 32.6 Å². The summed E-state index contributed by atoms with van der Waals surface area (Å²) < 4.78 is 32.1. The molecule has 1 unspecified atom stereocenters. The van der Waals surface area contributed by atoms with Gasteiger partial charge in [-0.2, -0.15) is 0 Å². The van der Waals surface area contributed by atoms with Crippen LogP contribution in [0.15, 0.2) is 12.4 Å². The summed E-state index contributed by atoms with van der Waals surface area (Å²) in [5.74, 6) is 0.240. The molecule has 0 spiro atoms. The fourth-order valence-electron chi connectivity index (χ4n) is 2.75. The smallest absolute Gasteiger partial charge is 0.214 e. The predicted octanol–water partition coefficient (Wildman–Crippen LogP) is -1.16. The molecule has 1 aromatic heterocycles. The number of rotatable bonds is 4. The van der Waals surface area contributed by atoms with Gasteiger partial charge in [-0.05, 0) is 6.42 Å². The first-order valence-electron chi connectivity index (χ1n) is 6.70. The molecule has 0 amide bonds. The lowest BCUT2D eigenvalue weighted by molar-refractivity contribution is 0.181. The van der Waals surface area contributed by atoms with Crippen LogP contribution < -0.4 is 5.32 Å². The van der Waals surface area contributed by atoms with E-state index in [1.165, 1.54) is 4.31 Å². The van der Waals surface area contributed by atoms with E-state index in [1.54, 1.807) is 17.9 Å². The van der Waals surface area contributed by atoms with Crippen LogP contribution in [0.3, 0.4) is 0 Å². The van der Waals surface area contributed by atoms with Gasteiger partial charge in [0, 0.05) is 25.8 Å². The minimum absolute atomic E-state index is 0.0250. The van der Waals surface area contributed by atoms with Crippen LogP contribution in [0.2, 0.25) is 0 Å². The van der Waals surface area contributed by atoms with Gasteiger partial charge in [0.25, 0.3) is 0 Å². The Balaban J connectivity index is 1.59. The summed E-state index contributed by atoms with van der Waals surface area (Å²) in [6.07, 6.45) is 4.14. The zero-order valence-electron chi connectivity index (χ0n) is 11.3. The Morgan fingerprint density at radius 1 is 1.45 bits per heavy atom. The number of sulfonamides is 1. The predicted molar refractivity (Wildman–Crippen MR) is 71.6 cm³/mol.